The van der Waals surface area contributed by atoms with Crippen molar-refractivity contribution in [3.63, 3.8) is 0 Å². The van der Waals surface area contributed by atoms with Crippen molar-refractivity contribution in [2.75, 3.05) is 0 Å². The Hall–Kier alpha value is -1.76. The quantitative estimate of drug-likeness (QED) is 0.835. The van der Waals surface area contributed by atoms with Gasteiger partial charge in [0.25, 0.3) is 0 Å². The molecule has 0 aromatic heterocycles. The number of rotatable bonds is 4. The third kappa shape index (κ3) is 2.65. The molecule has 1 nitrogen and oxygen atoms in total. The monoisotopic (exact) mass is 254 g/mol. The highest BCUT2D eigenvalue weighted by Crippen LogP contribution is 2.33. The van der Waals surface area contributed by atoms with Crippen LogP contribution in [0.2, 0.25) is 0 Å². The minimum Gasteiger partial charge on any atom is -0.508 e. The van der Waals surface area contributed by atoms with Crippen LogP contribution in [0.5, 0.6) is 5.75 Å². The molecule has 0 radical (unpaired) electrons. The van der Waals surface area contributed by atoms with E-state index < -0.39 is 0 Å². The van der Waals surface area contributed by atoms with Crippen molar-refractivity contribution in [2.45, 2.75) is 40.0 Å². The predicted octanol–water partition coefficient (Wildman–Crippen LogP) is 4.75. The zero-order valence-corrected chi connectivity index (χ0v) is 12.0. The molecular weight excluding hydrogens is 232 g/mol. The van der Waals surface area contributed by atoms with E-state index >= 15 is 0 Å². The van der Waals surface area contributed by atoms with Crippen molar-refractivity contribution in [1.82, 2.24) is 0 Å². The van der Waals surface area contributed by atoms with E-state index in [-0.39, 0.29) is 0 Å². The van der Waals surface area contributed by atoms with Crippen LogP contribution >= 0.6 is 0 Å². The van der Waals surface area contributed by atoms with Gasteiger partial charge < -0.3 is 5.11 Å². The molecular formula is C18H22O. The Kier molecular flexibility index (Phi) is 4.26. The van der Waals surface area contributed by atoms with E-state index in [1.807, 2.05) is 6.07 Å². The van der Waals surface area contributed by atoms with Gasteiger partial charge in [0, 0.05) is 5.56 Å². The van der Waals surface area contributed by atoms with Gasteiger partial charge in [0.05, 0.1) is 0 Å². The van der Waals surface area contributed by atoms with Crippen LogP contribution in [0.15, 0.2) is 36.4 Å². The zero-order chi connectivity index (χ0) is 13.8. The summed E-state index contributed by atoms with van der Waals surface area (Å²) in [7, 11) is 0. The summed E-state index contributed by atoms with van der Waals surface area (Å²) in [5.41, 5.74) is 6.18. The molecule has 1 heteroatoms. The van der Waals surface area contributed by atoms with E-state index in [0.29, 0.717) is 5.75 Å². The second-order valence-corrected chi connectivity index (χ2v) is 4.86. The molecule has 2 rings (SSSR count). The van der Waals surface area contributed by atoms with Crippen LogP contribution in [0.4, 0.5) is 0 Å². The first-order chi connectivity index (χ1) is 9.21. The average Bonchev–Trinajstić information content (AvgIpc) is 2.46. The highest BCUT2D eigenvalue weighted by molar-refractivity contribution is 5.73. The molecule has 0 aliphatic rings. The van der Waals surface area contributed by atoms with Gasteiger partial charge in [0.15, 0.2) is 0 Å². The molecule has 2 aromatic rings. The van der Waals surface area contributed by atoms with Crippen LogP contribution in [0.25, 0.3) is 11.1 Å². The Balaban J connectivity index is 2.66. The lowest BCUT2D eigenvalue weighted by Gasteiger charge is -2.15. The molecule has 0 saturated heterocycles. The third-order valence-electron chi connectivity index (χ3n) is 3.76. The first-order valence-corrected chi connectivity index (χ1v) is 7.14. The Labute approximate surface area is 115 Å². The maximum atomic E-state index is 10.0. The largest absolute Gasteiger partial charge is 0.508 e. The minimum absolute atomic E-state index is 0.406. The molecule has 1 N–H and O–H groups in total. The number of phenolic OH excluding ortho intramolecular Hbond substituents is 1. The number of phenols is 1. The van der Waals surface area contributed by atoms with Crippen molar-refractivity contribution in [3.05, 3.63) is 53.1 Å². The van der Waals surface area contributed by atoms with Gasteiger partial charge >= 0.3 is 0 Å². The second kappa shape index (κ2) is 5.92. The molecule has 0 aliphatic heterocycles. The molecule has 0 saturated carbocycles. The first-order valence-electron chi connectivity index (χ1n) is 7.14. The fourth-order valence-corrected chi connectivity index (χ4v) is 2.60. The molecule has 0 spiro atoms. The third-order valence-corrected chi connectivity index (χ3v) is 3.76. The highest BCUT2D eigenvalue weighted by Gasteiger charge is 2.11. The van der Waals surface area contributed by atoms with Crippen molar-refractivity contribution < 1.29 is 5.11 Å². The molecule has 0 heterocycles. The maximum Gasteiger partial charge on any atom is 0.119 e. The Morgan fingerprint density at radius 2 is 1.63 bits per heavy atom. The maximum absolute atomic E-state index is 10.0. The van der Waals surface area contributed by atoms with E-state index in [9.17, 15) is 5.11 Å². The van der Waals surface area contributed by atoms with Crippen molar-refractivity contribution in [2.24, 2.45) is 0 Å². The lowest BCUT2D eigenvalue weighted by Crippen LogP contribution is -1.95. The Bertz CT molecular complexity index is 570. The van der Waals surface area contributed by atoms with Gasteiger partial charge in [-0.25, -0.2) is 0 Å². The van der Waals surface area contributed by atoms with Crippen molar-refractivity contribution >= 4 is 0 Å². The van der Waals surface area contributed by atoms with Gasteiger partial charge in [-0.1, -0.05) is 51.1 Å². The predicted molar refractivity (Wildman–Crippen MR) is 81.7 cm³/mol. The van der Waals surface area contributed by atoms with E-state index in [4.69, 9.17) is 0 Å². The summed E-state index contributed by atoms with van der Waals surface area (Å²) in [6.45, 7) is 6.45. The number of hydrogen-bond acceptors (Lipinski definition) is 1. The van der Waals surface area contributed by atoms with Gasteiger partial charge in [-0.05, 0) is 47.6 Å². The van der Waals surface area contributed by atoms with Crippen LogP contribution in [0.1, 0.15) is 37.5 Å². The fourth-order valence-electron chi connectivity index (χ4n) is 2.60. The lowest BCUT2D eigenvalue weighted by atomic mass is 9.91. The summed E-state index contributed by atoms with van der Waals surface area (Å²) in [6.07, 6.45) is 2.90. The summed E-state index contributed by atoms with van der Waals surface area (Å²) in [6, 6.07) is 12.5. The van der Waals surface area contributed by atoms with E-state index in [0.717, 1.165) is 24.8 Å². The van der Waals surface area contributed by atoms with Crippen molar-refractivity contribution in [3.8, 4) is 16.9 Å². The minimum atomic E-state index is 0.406. The van der Waals surface area contributed by atoms with E-state index in [1.54, 1.807) is 6.07 Å². The van der Waals surface area contributed by atoms with E-state index in [1.165, 1.54) is 22.3 Å². The molecule has 19 heavy (non-hydrogen) atoms. The molecule has 0 bridgehead atoms. The first kappa shape index (κ1) is 13.7. The highest BCUT2D eigenvalue weighted by atomic mass is 16.3. The fraction of sp³-hybridized carbons (Fsp3) is 0.333. The summed E-state index contributed by atoms with van der Waals surface area (Å²) in [4.78, 5) is 0. The number of hydrogen-bond donors (Lipinski definition) is 1. The smallest absolute Gasteiger partial charge is 0.119 e. The Morgan fingerprint density at radius 3 is 2.26 bits per heavy atom. The second-order valence-electron chi connectivity index (χ2n) is 4.86. The molecule has 0 aliphatic carbocycles. The normalized spacial score (nSPS) is 10.7. The SMILES string of the molecule is CCc1ccc(CC)c(-c2cccc(O)c2CC)c1. The van der Waals surface area contributed by atoms with Gasteiger partial charge in [0.1, 0.15) is 5.75 Å². The summed E-state index contributed by atoms with van der Waals surface area (Å²) < 4.78 is 0. The van der Waals surface area contributed by atoms with Gasteiger partial charge in [-0.15, -0.1) is 0 Å². The van der Waals surface area contributed by atoms with Gasteiger partial charge in [0.2, 0.25) is 0 Å². The Morgan fingerprint density at radius 1 is 0.842 bits per heavy atom. The number of aryl methyl sites for hydroxylation is 2. The standard InChI is InChI=1S/C18H22O/c1-4-13-10-11-14(5-2)17(12-13)16-8-7-9-18(19)15(16)6-3/h7-12,19H,4-6H2,1-3H3. The molecule has 2 aromatic carbocycles. The van der Waals surface area contributed by atoms with Crippen LogP contribution < -0.4 is 0 Å². The van der Waals surface area contributed by atoms with Crippen molar-refractivity contribution in [1.29, 1.82) is 0 Å². The lowest BCUT2D eigenvalue weighted by molar-refractivity contribution is 0.469. The molecule has 0 unspecified atom stereocenters. The summed E-state index contributed by atoms with van der Waals surface area (Å²) in [5.74, 6) is 0.406. The molecule has 0 atom stereocenters. The number of aromatic hydroxyl groups is 1. The number of benzene rings is 2. The van der Waals surface area contributed by atoms with Crippen LogP contribution in [-0.4, -0.2) is 5.11 Å². The molecule has 100 valence electrons. The zero-order valence-electron chi connectivity index (χ0n) is 12.0. The average molecular weight is 254 g/mol. The topological polar surface area (TPSA) is 20.2 Å². The summed E-state index contributed by atoms with van der Waals surface area (Å²) in [5, 5.41) is 10.0. The van der Waals surface area contributed by atoms with E-state index in [2.05, 4.69) is 45.0 Å². The van der Waals surface area contributed by atoms with Crippen LogP contribution in [-0.2, 0) is 19.3 Å². The molecule has 0 amide bonds. The van der Waals surface area contributed by atoms with Gasteiger partial charge in [-0.3, -0.25) is 0 Å². The molecule has 0 fully saturated rings. The summed E-state index contributed by atoms with van der Waals surface area (Å²) >= 11 is 0. The van der Waals surface area contributed by atoms with Crippen LogP contribution in [0, 0.1) is 0 Å². The van der Waals surface area contributed by atoms with Crippen LogP contribution in [0.3, 0.4) is 0 Å². The van der Waals surface area contributed by atoms with Gasteiger partial charge in [-0.2, -0.15) is 0 Å².